The zero-order valence-electron chi connectivity index (χ0n) is 11.6. The molecule has 20 heavy (non-hydrogen) atoms. The monoisotopic (exact) mass is 274 g/mol. The highest BCUT2D eigenvalue weighted by Crippen LogP contribution is 2.23. The van der Waals surface area contributed by atoms with Gasteiger partial charge < -0.3 is 15.1 Å². The number of rotatable bonds is 6. The number of amides is 1. The van der Waals surface area contributed by atoms with E-state index in [1.165, 1.54) is 6.39 Å². The summed E-state index contributed by atoms with van der Waals surface area (Å²) in [5, 5.41) is 13.4. The van der Waals surface area contributed by atoms with E-state index in [2.05, 4.69) is 20.8 Å². The van der Waals surface area contributed by atoms with Gasteiger partial charge in [0.05, 0.1) is 0 Å². The van der Waals surface area contributed by atoms with Gasteiger partial charge in [0.1, 0.15) is 0 Å². The van der Waals surface area contributed by atoms with Crippen molar-refractivity contribution in [1.82, 2.24) is 15.5 Å². The maximum absolute atomic E-state index is 11.8. The lowest BCUT2D eigenvalue weighted by molar-refractivity contribution is -0.116. The van der Waals surface area contributed by atoms with Crippen LogP contribution in [0.1, 0.15) is 18.4 Å². The molecule has 0 radical (unpaired) electrons. The molecule has 0 saturated carbocycles. The largest absolute Gasteiger partial charge is 0.423 e. The van der Waals surface area contributed by atoms with Crippen LogP contribution in [0.4, 0.5) is 5.69 Å². The van der Waals surface area contributed by atoms with Crippen LogP contribution in [0.15, 0.2) is 29.0 Å². The number of hydrogen-bond donors (Lipinski definition) is 2. The van der Waals surface area contributed by atoms with Gasteiger partial charge in [-0.05, 0) is 44.6 Å². The van der Waals surface area contributed by atoms with Gasteiger partial charge in [-0.15, -0.1) is 10.2 Å². The lowest BCUT2D eigenvalue weighted by atomic mass is 10.1. The van der Waals surface area contributed by atoms with E-state index < -0.39 is 0 Å². The van der Waals surface area contributed by atoms with Crippen LogP contribution in [0, 0.1) is 6.92 Å². The highest BCUT2D eigenvalue weighted by atomic mass is 16.4. The van der Waals surface area contributed by atoms with E-state index in [0.29, 0.717) is 12.3 Å². The molecular weight excluding hydrogens is 256 g/mol. The van der Waals surface area contributed by atoms with E-state index in [-0.39, 0.29) is 5.91 Å². The van der Waals surface area contributed by atoms with Crippen LogP contribution in [0.3, 0.4) is 0 Å². The summed E-state index contributed by atoms with van der Waals surface area (Å²) in [6.07, 6.45) is 2.58. The van der Waals surface area contributed by atoms with Crippen LogP contribution in [0.25, 0.3) is 11.5 Å². The Balaban J connectivity index is 2.07. The van der Waals surface area contributed by atoms with Gasteiger partial charge in [-0.1, -0.05) is 6.07 Å². The van der Waals surface area contributed by atoms with E-state index in [1.807, 2.05) is 32.2 Å². The molecule has 0 aliphatic rings. The molecule has 1 amide bonds. The number of aryl methyl sites for hydroxylation is 1. The van der Waals surface area contributed by atoms with Gasteiger partial charge >= 0.3 is 0 Å². The smallest absolute Gasteiger partial charge is 0.247 e. The standard InChI is InChI=1S/C14H18N4O2/c1-10-5-6-11(14-18-16-9-20-14)8-12(10)17-13(19)4-3-7-15-2/h5-6,8-9,15H,3-4,7H2,1-2H3,(H,17,19). The Kier molecular flexibility index (Phi) is 4.84. The van der Waals surface area contributed by atoms with Gasteiger partial charge in [-0.2, -0.15) is 0 Å². The van der Waals surface area contributed by atoms with Crippen molar-refractivity contribution >= 4 is 11.6 Å². The highest BCUT2D eigenvalue weighted by molar-refractivity contribution is 5.92. The number of carbonyl (C=O) groups excluding carboxylic acids is 1. The number of benzene rings is 1. The Morgan fingerprint density at radius 2 is 2.25 bits per heavy atom. The van der Waals surface area contributed by atoms with E-state index in [0.717, 1.165) is 29.8 Å². The molecule has 0 atom stereocenters. The number of carbonyl (C=O) groups is 1. The fourth-order valence-corrected chi connectivity index (χ4v) is 1.83. The van der Waals surface area contributed by atoms with Crippen LogP contribution in [-0.4, -0.2) is 29.7 Å². The summed E-state index contributed by atoms with van der Waals surface area (Å²) in [5.41, 5.74) is 2.56. The molecule has 106 valence electrons. The van der Waals surface area contributed by atoms with Crippen molar-refractivity contribution in [2.75, 3.05) is 18.9 Å². The van der Waals surface area contributed by atoms with Gasteiger partial charge in [-0.3, -0.25) is 4.79 Å². The second-order valence-electron chi connectivity index (χ2n) is 4.53. The van der Waals surface area contributed by atoms with Crippen LogP contribution in [0.5, 0.6) is 0 Å². The molecule has 2 rings (SSSR count). The summed E-state index contributed by atoms with van der Waals surface area (Å²) in [6, 6.07) is 5.65. The lowest BCUT2D eigenvalue weighted by Gasteiger charge is -2.09. The molecule has 0 unspecified atom stereocenters. The third-order valence-electron chi connectivity index (χ3n) is 2.95. The topological polar surface area (TPSA) is 80.0 Å². The Hall–Kier alpha value is -2.21. The quantitative estimate of drug-likeness (QED) is 0.787. The first kappa shape index (κ1) is 14.2. The zero-order valence-corrected chi connectivity index (χ0v) is 11.6. The fourth-order valence-electron chi connectivity index (χ4n) is 1.83. The maximum Gasteiger partial charge on any atom is 0.247 e. The lowest BCUT2D eigenvalue weighted by Crippen LogP contribution is -2.15. The van der Waals surface area contributed by atoms with Crippen LogP contribution in [-0.2, 0) is 4.79 Å². The minimum absolute atomic E-state index is 0.00558. The Morgan fingerprint density at radius 3 is 2.95 bits per heavy atom. The first-order chi connectivity index (χ1) is 9.70. The van der Waals surface area contributed by atoms with E-state index in [4.69, 9.17) is 4.42 Å². The van der Waals surface area contributed by atoms with Gasteiger partial charge in [-0.25, -0.2) is 0 Å². The number of nitrogens with zero attached hydrogens (tertiary/aromatic N) is 2. The van der Waals surface area contributed by atoms with Crippen molar-refractivity contribution in [3.8, 4) is 11.5 Å². The molecule has 0 aliphatic carbocycles. The van der Waals surface area contributed by atoms with Crippen molar-refractivity contribution < 1.29 is 9.21 Å². The molecule has 2 aromatic rings. The molecule has 1 aromatic carbocycles. The van der Waals surface area contributed by atoms with Crippen molar-refractivity contribution in [2.24, 2.45) is 0 Å². The Bertz CT molecular complexity index is 567. The van der Waals surface area contributed by atoms with Crippen molar-refractivity contribution in [3.63, 3.8) is 0 Å². The molecule has 0 spiro atoms. The number of aromatic nitrogens is 2. The summed E-state index contributed by atoms with van der Waals surface area (Å²) in [6.45, 7) is 2.77. The molecule has 1 aromatic heterocycles. The molecule has 0 saturated heterocycles. The van der Waals surface area contributed by atoms with E-state index in [1.54, 1.807) is 0 Å². The average molecular weight is 274 g/mol. The molecule has 0 fully saturated rings. The fraction of sp³-hybridized carbons (Fsp3) is 0.357. The summed E-state index contributed by atoms with van der Waals surface area (Å²) in [7, 11) is 1.87. The summed E-state index contributed by atoms with van der Waals surface area (Å²) in [4.78, 5) is 11.8. The predicted octanol–water partition coefficient (Wildman–Crippen LogP) is 1.98. The normalized spacial score (nSPS) is 10.5. The summed E-state index contributed by atoms with van der Waals surface area (Å²) >= 11 is 0. The first-order valence-electron chi connectivity index (χ1n) is 6.52. The molecule has 0 aliphatic heterocycles. The zero-order chi connectivity index (χ0) is 14.4. The van der Waals surface area contributed by atoms with Crippen LogP contribution in [0.2, 0.25) is 0 Å². The van der Waals surface area contributed by atoms with Gasteiger partial charge in [0, 0.05) is 17.7 Å². The van der Waals surface area contributed by atoms with Gasteiger partial charge in [0.2, 0.25) is 18.2 Å². The number of hydrogen-bond acceptors (Lipinski definition) is 5. The second-order valence-corrected chi connectivity index (χ2v) is 4.53. The summed E-state index contributed by atoms with van der Waals surface area (Å²) in [5.74, 6) is 0.446. The molecule has 0 bridgehead atoms. The third-order valence-corrected chi connectivity index (χ3v) is 2.95. The van der Waals surface area contributed by atoms with Gasteiger partial charge in [0.15, 0.2) is 0 Å². The first-order valence-corrected chi connectivity index (χ1v) is 6.52. The van der Waals surface area contributed by atoms with E-state index >= 15 is 0 Å². The summed E-state index contributed by atoms with van der Waals surface area (Å²) < 4.78 is 5.16. The van der Waals surface area contributed by atoms with Crippen LogP contribution >= 0.6 is 0 Å². The average Bonchev–Trinajstić information content (AvgIpc) is 2.95. The molecule has 1 heterocycles. The van der Waals surface area contributed by atoms with E-state index in [9.17, 15) is 4.79 Å². The molecule has 6 heteroatoms. The van der Waals surface area contributed by atoms with Gasteiger partial charge in [0.25, 0.3) is 0 Å². The molecular formula is C14H18N4O2. The van der Waals surface area contributed by atoms with Crippen molar-refractivity contribution in [3.05, 3.63) is 30.2 Å². The maximum atomic E-state index is 11.8. The minimum atomic E-state index is 0.00558. The number of anilines is 1. The van der Waals surface area contributed by atoms with Crippen molar-refractivity contribution in [1.29, 1.82) is 0 Å². The Labute approximate surface area is 117 Å². The highest BCUT2D eigenvalue weighted by Gasteiger charge is 2.09. The Morgan fingerprint density at radius 1 is 1.40 bits per heavy atom. The third kappa shape index (κ3) is 3.64. The molecule has 6 nitrogen and oxygen atoms in total. The molecule has 2 N–H and O–H groups in total. The predicted molar refractivity (Wildman–Crippen MR) is 76.3 cm³/mol. The second kappa shape index (κ2) is 6.81. The SMILES string of the molecule is CNCCCC(=O)Nc1cc(-c2nnco2)ccc1C. The minimum Gasteiger partial charge on any atom is -0.423 e. The van der Waals surface area contributed by atoms with Crippen molar-refractivity contribution in [2.45, 2.75) is 19.8 Å². The number of nitrogens with one attached hydrogen (secondary N) is 2. The van der Waals surface area contributed by atoms with Crippen LogP contribution < -0.4 is 10.6 Å².